The molecule has 0 aliphatic carbocycles. The van der Waals surface area contributed by atoms with E-state index in [1.807, 2.05) is 12.1 Å². The molecule has 0 spiro atoms. The first-order valence-corrected chi connectivity index (χ1v) is 7.76. The second-order valence-corrected chi connectivity index (χ2v) is 5.91. The third-order valence-corrected chi connectivity index (χ3v) is 4.35. The van der Waals surface area contributed by atoms with E-state index < -0.39 is 24.1 Å². The van der Waals surface area contributed by atoms with Crippen LogP contribution in [-0.2, 0) is 23.8 Å². The van der Waals surface area contributed by atoms with E-state index in [1.165, 1.54) is 14.2 Å². The van der Waals surface area contributed by atoms with Gasteiger partial charge in [-0.1, -0.05) is 23.4 Å². The van der Waals surface area contributed by atoms with E-state index >= 15 is 0 Å². The largest absolute Gasteiger partial charge is 0.466 e. The summed E-state index contributed by atoms with van der Waals surface area (Å²) >= 11 is 5.85. The minimum absolute atomic E-state index is 0.187. The highest BCUT2D eigenvalue weighted by molar-refractivity contribution is 6.30. The Morgan fingerprint density at radius 1 is 1.12 bits per heavy atom. The van der Waals surface area contributed by atoms with Crippen molar-refractivity contribution in [1.29, 1.82) is 0 Å². The molecular weight excluding hydrogens is 332 g/mol. The fraction of sp³-hybridized carbons (Fsp3) is 0.333. The minimum atomic E-state index is -0.583. The topological polar surface area (TPSA) is 61.8 Å². The van der Waals surface area contributed by atoms with Crippen LogP contribution in [0.3, 0.4) is 0 Å². The minimum Gasteiger partial charge on any atom is -0.466 e. The molecule has 5 nitrogen and oxygen atoms in total. The molecule has 1 fully saturated rings. The summed E-state index contributed by atoms with van der Waals surface area (Å²) in [4.78, 5) is 24.0. The van der Waals surface area contributed by atoms with Gasteiger partial charge in [0, 0.05) is 10.6 Å². The number of ether oxygens (including phenoxy) is 3. The zero-order valence-corrected chi connectivity index (χ0v) is 13.9. The number of carbonyl (C=O) groups is 2. The fourth-order valence-electron chi connectivity index (χ4n) is 2.99. The summed E-state index contributed by atoms with van der Waals surface area (Å²) in [7, 11) is 2.54. The number of halogens is 1. The van der Waals surface area contributed by atoms with E-state index in [0.717, 1.165) is 5.56 Å². The lowest BCUT2D eigenvalue weighted by molar-refractivity contribution is -0.139. The summed E-state index contributed by atoms with van der Waals surface area (Å²) in [5.41, 5.74) is 1.29. The quantitative estimate of drug-likeness (QED) is 0.606. The van der Waals surface area contributed by atoms with Gasteiger partial charge in [-0.05, 0) is 30.7 Å². The molecule has 2 bridgehead atoms. The van der Waals surface area contributed by atoms with Gasteiger partial charge in [0.1, 0.15) is 6.10 Å². The smallest absolute Gasteiger partial charge is 0.337 e. The first-order valence-electron chi connectivity index (χ1n) is 7.38. The Morgan fingerprint density at radius 3 is 2.38 bits per heavy atom. The number of fused-ring (bicyclic) bond motifs is 2. The van der Waals surface area contributed by atoms with Crippen molar-refractivity contribution in [2.45, 2.75) is 18.6 Å². The van der Waals surface area contributed by atoms with Crippen LogP contribution in [-0.4, -0.2) is 38.4 Å². The standard InChI is InChI=1S/C18H15ClO5/c1-22-17(20)14-13-9-11(16(24-13)15(14)18(21)23-2)6-3-10-4-7-12(19)8-5-10/h4-5,7-8,11,13,16H,9H2,1-2H3. The molecule has 0 saturated carbocycles. The highest BCUT2D eigenvalue weighted by Gasteiger charge is 2.51. The molecule has 2 heterocycles. The average molecular weight is 347 g/mol. The number of esters is 2. The average Bonchev–Trinajstić information content (AvgIpc) is 3.17. The van der Waals surface area contributed by atoms with Crippen LogP contribution in [0.15, 0.2) is 35.4 Å². The Labute approximate surface area is 144 Å². The zero-order valence-electron chi connectivity index (χ0n) is 13.2. The van der Waals surface area contributed by atoms with Gasteiger partial charge in [0.05, 0.1) is 37.4 Å². The van der Waals surface area contributed by atoms with Crippen LogP contribution < -0.4 is 0 Å². The third kappa shape index (κ3) is 2.91. The lowest BCUT2D eigenvalue weighted by Crippen LogP contribution is -2.28. The molecular formula is C18H15ClO5. The molecule has 2 aliphatic heterocycles. The number of hydrogen-bond acceptors (Lipinski definition) is 5. The monoisotopic (exact) mass is 346 g/mol. The van der Waals surface area contributed by atoms with E-state index in [2.05, 4.69) is 11.8 Å². The number of methoxy groups -OCH3 is 2. The molecule has 3 atom stereocenters. The Kier molecular flexibility index (Phi) is 4.61. The molecule has 0 amide bonds. The van der Waals surface area contributed by atoms with Gasteiger partial charge in [0.25, 0.3) is 0 Å². The summed E-state index contributed by atoms with van der Waals surface area (Å²) in [5.74, 6) is 4.85. The second-order valence-electron chi connectivity index (χ2n) is 5.47. The number of carbonyl (C=O) groups excluding carboxylic acids is 2. The van der Waals surface area contributed by atoms with Gasteiger partial charge in [-0.15, -0.1) is 0 Å². The normalized spacial score (nSPS) is 24.4. The van der Waals surface area contributed by atoms with Crippen molar-refractivity contribution < 1.29 is 23.8 Å². The van der Waals surface area contributed by atoms with E-state index in [-0.39, 0.29) is 17.1 Å². The molecule has 6 heteroatoms. The Hall–Kier alpha value is -2.29. The molecule has 1 aromatic rings. The summed E-state index contributed by atoms with van der Waals surface area (Å²) < 4.78 is 15.3. The Bertz CT molecular complexity index is 769. The number of rotatable bonds is 2. The summed E-state index contributed by atoms with van der Waals surface area (Å²) in [6.45, 7) is 0. The zero-order chi connectivity index (χ0) is 17.3. The first kappa shape index (κ1) is 16.6. The molecule has 0 N–H and O–H groups in total. The first-order chi connectivity index (χ1) is 11.5. The highest BCUT2D eigenvalue weighted by atomic mass is 35.5. The predicted molar refractivity (Wildman–Crippen MR) is 86.2 cm³/mol. The van der Waals surface area contributed by atoms with E-state index in [0.29, 0.717) is 11.4 Å². The van der Waals surface area contributed by atoms with Crippen LogP contribution in [0.4, 0.5) is 0 Å². The lowest BCUT2D eigenvalue weighted by atomic mass is 9.84. The number of hydrogen-bond donors (Lipinski definition) is 0. The molecule has 1 aromatic carbocycles. The van der Waals surface area contributed by atoms with Crippen LogP contribution in [0.5, 0.6) is 0 Å². The Balaban J connectivity index is 1.88. The molecule has 3 rings (SSSR count). The molecule has 24 heavy (non-hydrogen) atoms. The number of benzene rings is 1. The molecule has 1 saturated heterocycles. The molecule has 0 radical (unpaired) electrons. The van der Waals surface area contributed by atoms with Crippen LogP contribution in [0.2, 0.25) is 5.02 Å². The SMILES string of the molecule is COC(=O)C1=C(C(=O)OC)C2OC1CC2C#Cc1ccc(Cl)cc1. The van der Waals surface area contributed by atoms with Gasteiger partial charge in [-0.2, -0.15) is 0 Å². The predicted octanol–water partition coefficient (Wildman–Crippen LogP) is 2.12. The van der Waals surface area contributed by atoms with Crippen LogP contribution in [0, 0.1) is 17.8 Å². The molecule has 124 valence electrons. The highest BCUT2D eigenvalue weighted by Crippen LogP contribution is 2.43. The van der Waals surface area contributed by atoms with Crippen molar-refractivity contribution in [3.8, 4) is 11.8 Å². The van der Waals surface area contributed by atoms with Crippen molar-refractivity contribution in [3.05, 3.63) is 46.0 Å². The fourth-order valence-corrected chi connectivity index (χ4v) is 3.12. The van der Waals surface area contributed by atoms with Crippen LogP contribution in [0.1, 0.15) is 12.0 Å². The summed E-state index contributed by atoms with van der Waals surface area (Å²) in [5, 5.41) is 0.641. The van der Waals surface area contributed by atoms with Gasteiger partial charge in [0.15, 0.2) is 0 Å². The van der Waals surface area contributed by atoms with Crippen molar-refractivity contribution in [2.24, 2.45) is 5.92 Å². The van der Waals surface area contributed by atoms with Gasteiger partial charge in [-0.3, -0.25) is 0 Å². The molecule has 3 unspecified atom stereocenters. The van der Waals surface area contributed by atoms with Gasteiger partial charge in [-0.25, -0.2) is 9.59 Å². The lowest BCUT2D eigenvalue weighted by Gasteiger charge is -2.17. The molecule has 0 aromatic heterocycles. The van der Waals surface area contributed by atoms with Crippen molar-refractivity contribution in [1.82, 2.24) is 0 Å². The summed E-state index contributed by atoms with van der Waals surface area (Å²) in [6, 6.07) is 7.16. The van der Waals surface area contributed by atoms with Crippen molar-refractivity contribution in [2.75, 3.05) is 14.2 Å². The van der Waals surface area contributed by atoms with Gasteiger partial charge >= 0.3 is 11.9 Å². The summed E-state index contributed by atoms with van der Waals surface area (Å²) in [6.07, 6.45) is -0.520. The van der Waals surface area contributed by atoms with Crippen LogP contribution in [0.25, 0.3) is 0 Å². The maximum absolute atomic E-state index is 12.1. The maximum atomic E-state index is 12.1. The van der Waals surface area contributed by atoms with E-state index in [9.17, 15) is 9.59 Å². The maximum Gasteiger partial charge on any atom is 0.337 e. The second kappa shape index (κ2) is 6.68. The molecule has 2 aliphatic rings. The third-order valence-electron chi connectivity index (χ3n) is 4.10. The van der Waals surface area contributed by atoms with Crippen molar-refractivity contribution >= 4 is 23.5 Å². The van der Waals surface area contributed by atoms with E-state index in [1.54, 1.807) is 12.1 Å². The van der Waals surface area contributed by atoms with E-state index in [4.69, 9.17) is 25.8 Å². The van der Waals surface area contributed by atoms with Crippen LogP contribution >= 0.6 is 11.6 Å². The van der Waals surface area contributed by atoms with Crippen molar-refractivity contribution in [3.63, 3.8) is 0 Å². The Morgan fingerprint density at radius 2 is 1.75 bits per heavy atom. The van der Waals surface area contributed by atoms with Gasteiger partial charge in [0.2, 0.25) is 0 Å². The van der Waals surface area contributed by atoms with Gasteiger partial charge < -0.3 is 14.2 Å².